The van der Waals surface area contributed by atoms with Gasteiger partial charge in [-0.2, -0.15) is 0 Å². The van der Waals surface area contributed by atoms with Crippen LogP contribution in [-0.2, 0) is 4.43 Å². The van der Waals surface area contributed by atoms with Gasteiger partial charge in [0, 0.05) is 0 Å². The first-order chi connectivity index (χ1) is 6.74. The van der Waals surface area contributed by atoms with E-state index in [9.17, 15) is 0 Å². The molecule has 0 aliphatic heterocycles. The largest absolute Gasteiger partial charge is 0.413 e. The third-order valence-electron chi connectivity index (χ3n) is 3.13. The van der Waals surface area contributed by atoms with Gasteiger partial charge in [0.2, 0.25) is 0 Å². The second kappa shape index (κ2) is 5.66. The third-order valence-corrected chi connectivity index (χ3v) is 7.66. The summed E-state index contributed by atoms with van der Waals surface area (Å²) in [7, 11) is -1.64. The second-order valence-electron chi connectivity index (χ2n) is 5.55. The maximum atomic E-state index is 6.28. The Hall–Kier alpha value is -0.343. The van der Waals surface area contributed by atoms with Crippen molar-refractivity contribution in [3.05, 3.63) is 25.3 Å². The number of hydrogen-bond acceptors (Lipinski definition) is 1. The lowest BCUT2D eigenvalue weighted by molar-refractivity contribution is 0.186. The molecule has 2 heteroatoms. The summed E-state index contributed by atoms with van der Waals surface area (Å²) < 4.78 is 6.28. The maximum Gasteiger partial charge on any atom is 0.192 e. The summed E-state index contributed by atoms with van der Waals surface area (Å²) in [6.45, 7) is 18.9. The average molecular weight is 226 g/mol. The molecule has 0 aliphatic rings. The van der Waals surface area contributed by atoms with Crippen molar-refractivity contribution in [1.29, 1.82) is 0 Å². The van der Waals surface area contributed by atoms with Crippen molar-refractivity contribution in [2.45, 2.75) is 57.8 Å². The molecule has 0 radical (unpaired) electrons. The minimum Gasteiger partial charge on any atom is -0.413 e. The van der Waals surface area contributed by atoms with Gasteiger partial charge in [-0.05, 0) is 31.0 Å². The van der Waals surface area contributed by atoms with Crippen molar-refractivity contribution < 1.29 is 4.43 Å². The summed E-state index contributed by atoms with van der Waals surface area (Å²) >= 11 is 0. The molecule has 0 aromatic carbocycles. The molecule has 15 heavy (non-hydrogen) atoms. The van der Waals surface area contributed by atoms with Gasteiger partial charge in [0.25, 0.3) is 0 Å². The van der Waals surface area contributed by atoms with E-state index >= 15 is 0 Å². The van der Waals surface area contributed by atoms with Crippen molar-refractivity contribution in [2.75, 3.05) is 0 Å². The lowest BCUT2D eigenvalue weighted by atomic mass is 10.2. The zero-order chi connectivity index (χ0) is 12.1. The van der Waals surface area contributed by atoms with Crippen molar-refractivity contribution in [3.8, 4) is 0 Å². The monoisotopic (exact) mass is 226 g/mol. The van der Waals surface area contributed by atoms with Gasteiger partial charge >= 0.3 is 0 Å². The molecule has 0 spiro atoms. The van der Waals surface area contributed by atoms with E-state index in [1.54, 1.807) is 0 Å². The van der Waals surface area contributed by atoms with E-state index in [2.05, 4.69) is 47.0 Å². The van der Waals surface area contributed by atoms with Crippen LogP contribution in [0.5, 0.6) is 0 Å². The minimum atomic E-state index is -1.64. The van der Waals surface area contributed by atoms with Crippen LogP contribution in [0.3, 0.4) is 0 Å². The molecule has 0 aromatic rings. The minimum absolute atomic E-state index is 0.265. The lowest BCUT2D eigenvalue weighted by Gasteiger charge is -2.39. The van der Waals surface area contributed by atoms with Crippen molar-refractivity contribution in [2.24, 2.45) is 0 Å². The third kappa shape index (κ3) is 4.80. The Kier molecular flexibility index (Phi) is 5.53. The number of hydrogen-bond donors (Lipinski definition) is 0. The Morgan fingerprint density at radius 1 is 1.13 bits per heavy atom. The Labute approximate surface area is 96.4 Å². The van der Waals surface area contributed by atoms with Gasteiger partial charge in [-0.3, -0.25) is 0 Å². The van der Waals surface area contributed by atoms with E-state index in [1.165, 1.54) is 0 Å². The van der Waals surface area contributed by atoms with Gasteiger partial charge in [0.05, 0.1) is 6.10 Å². The van der Waals surface area contributed by atoms with Gasteiger partial charge in [-0.25, -0.2) is 0 Å². The Balaban J connectivity index is 4.50. The molecule has 88 valence electrons. The fraction of sp³-hybridized carbons (Fsp3) is 0.692. The molecule has 1 nitrogen and oxygen atoms in total. The van der Waals surface area contributed by atoms with Crippen LogP contribution in [0.25, 0.3) is 0 Å². The SMILES string of the molecule is C=CCC(CC=C)O[Si](C)(C)C(C)(C)C. The van der Waals surface area contributed by atoms with Gasteiger partial charge in [0.1, 0.15) is 0 Å². The molecular formula is C13H26OSi. The molecule has 0 amide bonds. The highest BCUT2D eigenvalue weighted by Crippen LogP contribution is 2.37. The van der Waals surface area contributed by atoms with Crippen LogP contribution in [0.4, 0.5) is 0 Å². The van der Waals surface area contributed by atoms with Crippen molar-refractivity contribution in [3.63, 3.8) is 0 Å². The summed E-state index contributed by atoms with van der Waals surface area (Å²) in [5, 5.41) is 0.271. The number of rotatable bonds is 6. The molecule has 0 atom stereocenters. The summed E-state index contributed by atoms with van der Waals surface area (Å²) in [5.74, 6) is 0. The van der Waals surface area contributed by atoms with Gasteiger partial charge < -0.3 is 4.43 Å². The van der Waals surface area contributed by atoms with Crippen molar-refractivity contribution in [1.82, 2.24) is 0 Å². The first kappa shape index (κ1) is 14.7. The molecule has 0 fully saturated rings. The maximum absolute atomic E-state index is 6.28. The predicted octanol–water partition coefficient (Wildman–Crippen LogP) is 4.53. The topological polar surface area (TPSA) is 9.23 Å². The van der Waals surface area contributed by atoms with E-state index < -0.39 is 8.32 Å². The molecular weight excluding hydrogens is 200 g/mol. The Bertz CT molecular complexity index is 203. The summed E-state index contributed by atoms with van der Waals surface area (Å²) in [4.78, 5) is 0. The van der Waals surface area contributed by atoms with E-state index in [1.807, 2.05) is 12.2 Å². The molecule has 0 heterocycles. The molecule has 0 aliphatic carbocycles. The van der Waals surface area contributed by atoms with Crippen LogP contribution in [0.1, 0.15) is 33.6 Å². The Morgan fingerprint density at radius 3 is 1.80 bits per heavy atom. The second-order valence-corrected chi connectivity index (χ2v) is 10.3. The lowest BCUT2D eigenvalue weighted by Crippen LogP contribution is -2.43. The van der Waals surface area contributed by atoms with E-state index in [-0.39, 0.29) is 11.1 Å². The zero-order valence-electron chi connectivity index (χ0n) is 11.0. The quantitative estimate of drug-likeness (QED) is 0.477. The van der Waals surface area contributed by atoms with Crippen LogP contribution >= 0.6 is 0 Å². The summed E-state index contributed by atoms with van der Waals surface area (Å²) in [6.07, 6.45) is 5.96. The first-order valence-electron chi connectivity index (χ1n) is 5.64. The summed E-state index contributed by atoms with van der Waals surface area (Å²) in [5.41, 5.74) is 0. The van der Waals surface area contributed by atoms with Crippen LogP contribution in [0.15, 0.2) is 25.3 Å². The highest BCUT2D eigenvalue weighted by molar-refractivity contribution is 6.74. The predicted molar refractivity (Wildman–Crippen MR) is 71.7 cm³/mol. The normalized spacial score (nSPS) is 12.9. The van der Waals surface area contributed by atoms with Crippen LogP contribution in [0, 0.1) is 0 Å². The van der Waals surface area contributed by atoms with Crippen LogP contribution < -0.4 is 0 Å². The molecule has 0 N–H and O–H groups in total. The Morgan fingerprint density at radius 2 is 1.53 bits per heavy atom. The first-order valence-corrected chi connectivity index (χ1v) is 8.55. The van der Waals surface area contributed by atoms with Gasteiger partial charge in [-0.1, -0.05) is 32.9 Å². The molecule has 0 saturated heterocycles. The molecule has 0 saturated carbocycles. The fourth-order valence-corrected chi connectivity index (χ4v) is 2.54. The highest BCUT2D eigenvalue weighted by Gasteiger charge is 2.38. The molecule has 0 bridgehead atoms. The van der Waals surface area contributed by atoms with E-state index in [0.29, 0.717) is 0 Å². The van der Waals surface area contributed by atoms with Crippen molar-refractivity contribution >= 4 is 8.32 Å². The van der Waals surface area contributed by atoms with Crippen LogP contribution in [0.2, 0.25) is 18.1 Å². The zero-order valence-corrected chi connectivity index (χ0v) is 12.0. The van der Waals surface area contributed by atoms with Gasteiger partial charge in [-0.15, -0.1) is 13.2 Å². The van der Waals surface area contributed by atoms with Gasteiger partial charge in [0.15, 0.2) is 8.32 Å². The van der Waals surface area contributed by atoms with E-state index in [0.717, 1.165) is 12.8 Å². The standard InChI is InChI=1S/C13H26OSi/c1-8-10-12(11-9-2)14-15(6,7)13(3,4)5/h8-9,12H,1-2,10-11H2,3-7H3. The van der Waals surface area contributed by atoms with E-state index in [4.69, 9.17) is 4.43 Å². The van der Waals surface area contributed by atoms with Crippen LogP contribution in [-0.4, -0.2) is 14.4 Å². The smallest absolute Gasteiger partial charge is 0.192 e. The summed E-state index contributed by atoms with van der Waals surface area (Å²) in [6, 6.07) is 0. The highest BCUT2D eigenvalue weighted by atomic mass is 28.4. The average Bonchev–Trinajstić information content (AvgIpc) is 2.02. The molecule has 0 unspecified atom stereocenters. The molecule has 0 aromatic heterocycles. The molecule has 0 rings (SSSR count). The fourth-order valence-electron chi connectivity index (χ4n) is 1.16.